The molecule has 1 amide bonds. The average molecular weight is 584 g/mol. The second-order valence-corrected chi connectivity index (χ2v) is 11.1. The van der Waals surface area contributed by atoms with E-state index in [1.807, 2.05) is 33.0 Å². The Morgan fingerprint density at radius 2 is 1.59 bits per heavy atom. The molecule has 3 N–H and O–H groups in total. The SMILES string of the molecule is C[C@@H](Nc1cc(F)c(C(=O)N[C@@H](Cc2ccc(B3OC(C)(C)C(C)(C)O3)c3c2COC3)C(=O)O)c(F)c1)C(F)(F)F. The van der Waals surface area contributed by atoms with Crippen LogP contribution < -0.4 is 16.1 Å². The lowest BCUT2D eigenvalue weighted by molar-refractivity contribution is -0.139. The van der Waals surface area contributed by atoms with E-state index in [1.165, 1.54) is 0 Å². The zero-order chi connectivity index (χ0) is 30.5. The number of alkyl halides is 3. The van der Waals surface area contributed by atoms with Gasteiger partial charge in [-0.1, -0.05) is 12.1 Å². The van der Waals surface area contributed by atoms with Crippen LogP contribution in [0, 0.1) is 11.6 Å². The Morgan fingerprint density at radius 3 is 2.12 bits per heavy atom. The Bertz CT molecular complexity index is 1330. The lowest BCUT2D eigenvalue weighted by atomic mass is 9.74. The highest BCUT2D eigenvalue weighted by Gasteiger charge is 2.52. The van der Waals surface area contributed by atoms with E-state index >= 15 is 0 Å². The molecule has 4 rings (SSSR count). The highest BCUT2D eigenvalue weighted by molar-refractivity contribution is 6.62. The number of hydrogen-bond acceptors (Lipinski definition) is 6. The number of fused-ring (bicyclic) bond motifs is 1. The minimum atomic E-state index is -4.68. The summed E-state index contributed by atoms with van der Waals surface area (Å²) in [5, 5.41) is 13.8. The van der Waals surface area contributed by atoms with Crippen LogP contribution in [0.4, 0.5) is 27.6 Å². The van der Waals surface area contributed by atoms with Crippen LogP contribution in [-0.4, -0.2) is 53.6 Å². The van der Waals surface area contributed by atoms with Gasteiger partial charge in [0.05, 0.1) is 24.4 Å². The normalized spacial score (nSPS) is 19.0. The molecule has 0 aromatic heterocycles. The first-order valence-electron chi connectivity index (χ1n) is 12.8. The summed E-state index contributed by atoms with van der Waals surface area (Å²) in [5.74, 6) is -5.74. The van der Waals surface area contributed by atoms with Crippen molar-refractivity contribution in [2.24, 2.45) is 0 Å². The van der Waals surface area contributed by atoms with Crippen molar-refractivity contribution in [3.05, 3.63) is 58.2 Å². The highest BCUT2D eigenvalue weighted by atomic mass is 19.4. The summed E-state index contributed by atoms with van der Waals surface area (Å²) < 4.78 is 85.6. The summed E-state index contributed by atoms with van der Waals surface area (Å²) in [4.78, 5) is 24.8. The molecule has 14 heteroatoms. The third kappa shape index (κ3) is 6.19. The number of rotatable bonds is 8. The number of anilines is 1. The summed E-state index contributed by atoms with van der Waals surface area (Å²) >= 11 is 0. The third-order valence-electron chi connectivity index (χ3n) is 7.74. The first kappa shape index (κ1) is 30.7. The maximum atomic E-state index is 14.7. The number of halogens is 5. The number of amides is 1. The van der Waals surface area contributed by atoms with Gasteiger partial charge in [-0.2, -0.15) is 13.2 Å². The molecule has 8 nitrogen and oxygen atoms in total. The van der Waals surface area contributed by atoms with E-state index in [4.69, 9.17) is 14.0 Å². The number of carbonyl (C=O) groups excluding carboxylic acids is 1. The standard InChI is InChI=1S/C27H30BF5N2O6/c1-13(27(31,32)33)34-15-9-19(29)22(20(30)10-15)23(36)35-21(24(37)38)8-14-6-7-18(17-12-39-11-16(14)17)28-40-25(2,3)26(4,5)41-28/h6-7,9-10,13,21,34H,8,11-12H2,1-5H3,(H,35,36)(H,37,38)/t13-,21+/m1/s1. The van der Waals surface area contributed by atoms with Gasteiger partial charge in [-0.15, -0.1) is 0 Å². The van der Waals surface area contributed by atoms with Crippen molar-refractivity contribution in [2.75, 3.05) is 5.32 Å². The third-order valence-corrected chi connectivity index (χ3v) is 7.74. The van der Waals surface area contributed by atoms with Gasteiger partial charge >= 0.3 is 19.3 Å². The Balaban J connectivity index is 1.54. The second kappa shape index (κ2) is 10.9. The zero-order valence-electron chi connectivity index (χ0n) is 23.0. The van der Waals surface area contributed by atoms with Crippen molar-refractivity contribution in [1.29, 1.82) is 0 Å². The van der Waals surface area contributed by atoms with Crippen LogP contribution in [0.2, 0.25) is 0 Å². The molecule has 0 radical (unpaired) electrons. The van der Waals surface area contributed by atoms with Crippen molar-refractivity contribution in [3.63, 3.8) is 0 Å². The topological polar surface area (TPSA) is 106 Å². The van der Waals surface area contributed by atoms with Crippen LogP contribution in [0.25, 0.3) is 0 Å². The number of carboxylic acids is 1. The fraction of sp³-hybridized carbons (Fsp3) is 0.481. The molecule has 0 bridgehead atoms. The Hall–Kier alpha value is -3.23. The van der Waals surface area contributed by atoms with Crippen molar-refractivity contribution >= 4 is 30.1 Å². The Labute approximate surface area is 233 Å². The molecule has 0 spiro atoms. The summed E-state index contributed by atoms with van der Waals surface area (Å²) in [6.45, 7) is 8.82. The quantitative estimate of drug-likeness (QED) is 0.317. The van der Waals surface area contributed by atoms with Gasteiger partial charge in [-0.05, 0) is 68.9 Å². The van der Waals surface area contributed by atoms with E-state index in [-0.39, 0.29) is 19.6 Å². The molecular weight excluding hydrogens is 554 g/mol. The lowest BCUT2D eigenvalue weighted by Crippen LogP contribution is -2.43. The Kier molecular flexibility index (Phi) is 8.15. The molecule has 1 fully saturated rings. The monoisotopic (exact) mass is 584 g/mol. The minimum Gasteiger partial charge on any atom is -0.480 e. The molecule has 0 aliphatic carbocycles. The fourth-order valence-corrected chi connectivity index (χ4v) is 4.60. The predicted molar refractivity (Wildman–Crippen MR) is 139 cm³/mol. The van der Waals surface area contributed by atoms with Crippen LogP contribution in [0.15, 0.2) is 24.3 Å². The lowest BCUT2D eigenvalue weighted by Gasteiger charge is -2.32. The molecule has 2 aromatic carbocycles. The van der Waals surface area contributed by atoms with Gasteiger partial charge in [0.25, 0.3) is 5.91 Å². The number of aliphatic carboxylic acids is 1. The molecule has 2 atom stereocenters. The molecule has 2 aliphatic rings. The van der Waals surface area contributed by atoms with Gasteiger partial charge in [0.15, 0.2) is 0 Å². The molecular formula is C27H30BF5N2O6. The van der Waals surface area contributed by atoms with E-state index < -0.39 is 71.3 Å². The number of benzene rings is 2. The average Bonchev–Trinajstić information content (AvgIpc) is 3.39. The summed E-state index contributed by atoms with van der Waals surface area (Å²) in [6, 6.07) is 0.776. The van der Waals surface area contributed by atoms with Gasteiger partial charge in [0.2, 0.25) is 0 Å². The maximum absolute atomic E-state index is 14.7. The molecule has 41 heavy (non-hydrogen) atoms. The molecule has 1 saturated heterocycles. The zero-order valence-corrected chi connectivity index (χ0v) is 23.0. The minimum absolute atomic E-state index is 0.173. The number of carbonyl (C=O) groups is 2. The fourth-order valence-electron chi connectivity index (χ4n) is 4.60. The number of hydrogen-bond donors (Lipinski definition) is 3. The number of nitrogens with one attached hydrogen (secondary N) is 2. The van der Waals surface area contributed by atoms with Crippen LogP contribution in [0.1, 0.15) is 61.7 Å². The van der Waals surface area contributed by atoms with Crippen LogP contribution in [0.5, 0.6) is 0 Å². The van der Waals surface area contributed by atoms with Gasteiger partial charge in [-0.25, -0.2) is 13.6 Å². The summed E-state index contributed by atoms with van der Waals surface area (Å²) in [5.41, 5.74) is -0.0948. The van der Waals surface area contributed by atoms with Crippen molar-refractivity contribution < 1.29 is 50.7 Å². The van der Waals surface area contributed by atoms with E-state index in [2.05, 4.69) is 5.32 Å². The number of ether oxygens (including phenoxy) is 1. The molecule has 2 aliphatic heterocycles. The molecule has 0 unspecified atom stereocenters. The van der Waals surface area contributed by atoms with E-state index in [1.54, 1.807) is 12.1 Å². The van der Waals surface area contributed by atoms with Crippen molar-refractivity contribution in [2.45, 2.75) is 83.7 Å². The second-order valence-electron chi connectivity index (χ2n) is 11.1. The smallest absolute Gasteiger partial charge is 0.480 e. The van der Waals surface area contributed by atoms with Crippen LogP contribution >= 0.6 is 0 Å². The van der Waals surface area contributed by atoms with Gasteiger partial charge in [0.1, 0.15) is 29.3 Å². The van der Waals surface area contributed by atoms with Crippen molar-refractivity contribution in [1.82, 2.24) is 5.32 Å². The van der Waals surface area contributed by atoms with Gasteiger partial charge < -0.3 is 29.8 Å². The largest absolute Gasteiger partial charge is 0.495 e. The summed E-state index contributed by atoms with van der Waals surface area (Å²) in [7, 11) is -0.679. The van der Waals surface area contributed by atoms with Gasteiger partial charge in [-0.3, -0.25) is 4.79 Å². The maximum Gasteiger partial charge on any atom is 0.495 e. The number of carboxylic acid groups (broad SMARTS) is 1. The first-order chi connectivity index (χ1) is 18.9. The van der Waals surface area contributed by atoms with E-state index in [0.29, 0.717) is 23.3 Å². The molecule has 2 aromatic rings. The molecule has 2 heterocycles. The van der Waals surface area contributed by atoms with Gasteiger partial charge in [0, 0.05) is 12.1 Å². The Morgan fingerprint density at radius 1 is 1.02 bits per heavy atom. The van der Waals surface area contributed by atoms with Crippen LogP contribution in [-0.2, 0) is 38.5 Å². The highest BCUT2D eigenvalue weighted by Crippen LogP contribution is 2.37. The molecule has 222 valence electrons. The molecule has 0 saturated carbocycles. The van der Waals surface area contributed by atoms with E-state index in [9.17, 15) is 36.6 Å². The van der Waals surface area contributed by atoms with E-state index in [0.717, 1.165) is 17.9 Å². The van der Waals surface area contributed by atoms with Crippen molar-refractivity contribution in [3.8, 4) is 0 Å². The first-order valence-corrected chi connectivity index (χ1v) is 12.8. The summed E-state index contributed by atoms with van der Waals surface area (Å²) in [6.07, 6.45) is -4.91. The van der Waals surface area contributed by atoms with Crippen LogP contribution in [0.3, 0.4) is 0 Å². The predicted octanol–water partition coefficient (Wildman–Crippen LogP) is 4.08.